The van der Waals surface area contributed by atoms with Crippen LogP contribution in [0, 0.1) is 0 Å². The summed E-state index contributed by atoms with van der Waals surface area (Å²) in [6.07, 6.45) is 3.04. The summed E-state index contributed by atoms with van der Waals surface area (Å²) < 4.78 is 0. The maximum Gasteiger partial charge on any atom is 0.327 e. The first-order chi connectivity index (χ1) is 40.6. The molecule has 0 aliphatic carbocycles. The van der Waals surface area contributed by atoms with Gasteiger partial charge in [0.25, 0.3) is 0 Å². The molecule has 9 atom stereocenters. The maximum atomic E-state index is 14.9. The zero-order valence-corrected chi connectivity index (χ0v) is 47.8. The number of carbonyl (C=O) groups is 11. The summed E-state index contributed by atoms with van der Waals surface area (Å²) in [5, 5.41) is 41.4. The van der Waals surface area contributed by atoms with Crippen molar-refractivity contribution < 1.29 is 63.0 Å². The molecule has 17 N–H and O–H groups in total. The van der Waals surface area contributed by atoms with Crippen molar-refractivity contribution in [3.8, 4) is 0 Å². The summed E-state index contributed by atoms with van der Waals surface area (Å²) in [6.45, 7) is 1.37. The molecule has 29 heteroatoms. The van der Waals surface area contributed by atoms with Crippen molar-refractivity contribution in [3.05, 3.63) is 126 Å². The van der Waals surface area contributed by atoms with Gasteiger partial charge >= 0.3 is 11.9 Å². The highest BCUT2D eigenvalue weighted by Crippen LogP contribution is 2.22. The van der Waals surface area contributed by atoms with Gasteiger partial charge in [-0.05, 0) is 48.6 Å². The summed E-state index contributed by atoms with van der Waals surface area (Å²) in [5.74, 6) is -11.3. The highest BCUT2D eigenvalue weighted by molar-refractivity contribution is 7.80. The van der Waals surface area contributed by atoms with E-state index < -0.39 is 139 Å². The van der Waals surface area contributed by atoms with Crippen LogP contribution in [0.15, 0.2) is 104 Å². The minimum atomic E-state index is -1.72. The van der Waals surface area contributed by atoms with Crippen LogP contribution in [0.4, 0.5) is 0 Å². The number of nitrogens with two attached hydrogens (primary N) is 2. The molecule has 0 saturated heterocycles. The average molecular weight is 1210 g/mol. The first kappa shape index (κ1) is 64.9. The van der Waals surface area contributed by atoms with E-state index in [9.17, 15) is 63.0 Å². The molecular weight excluding hydrogens is 1140 g/mol. The number of para-hydroxylation sites is 2. The van der Waals surface area contributed by atoms with Gasteiger partial charge in [0.2, 0.25) is 53.2 Å². The Balaban J connectivity index is 1.33. The number of imidazole rings is 1. The molecule has 0 fully saturated rings. The first-order valence-electron chi connectivity index (χ1n) is 26.9. The number of aromatic nitrogens is 4. The number of fused-ring (bicyclic) bond motifs is 2. The van der Waals surface area contributed by atoms with Gasteiger partial charge in [0.15, 0.2) is 0 Å². The lowest BCUT2D eigenvalue weighted by Crippen LogP contribution is -2.61. The van der Waals surface area contributed by atoms with Gasteiger partial charge in [0, 0.05) is 96.1 Å². The Bertz CT molecular complexity index is 3340. The standard InChI is InChI=1S/C56H68N14O13S2/c1-29(63-49(75)36(57)26-84)48(74)66-44(22-33-25-59-28-62-33)55(81)69-42(20-31-23-60-37-13-7-5-11-34(31)37)53(79)65-40(16-18-47(72)73)50(76)68-43(21-32-24-61-38-14-8-6-12-35(32)38)54(80)67-41(19-30-9-3-2-4-10-30)52(78)64-39(15-17-46(58)71)51(77)70-45(27-85)56(82)83/h2-14,23-25,28-29,36,39-45,60-61,84-85H,15-22,26-27,57H2,1H3,(H2,58,71)(H,59,62)(H,63,75)(H,64,78)(H,65,79)(H,66,74)(H,67,80)(H,68,76)(H,69,81)(H,70,77)(H,72,73)(H,82,83)/t29-,36-,39-,40-,41-,42-,43-,44-,45-/m0/s1. The molecule has 0 saturated carbocycles. The fraction of sp³-hybridized carbons (Fsp3) is 0.357. The zero-order valence-electron chi connectivity index (χ0n) is 46.0. The van der Waals surface area contributed by atoms with Crippen LogP contribution >= 0.6 is 25.3 Å². The van der Waals surface area contributed by atoms with Gasteiger partial charge < -0.3 is 79.2 Å². The largest absolute Gasteiger partial charge is 0.481 e. The highest BCUT2D eigenvalue weighted by atomic mass is 32.1. The van der Waals surface area contributed by atoms with Crippen molar-refractivity contribution in [2.45, 2.75) is 113 Å². The van der Waals surface area contributed by atoms with E-state index >= 15 is 0 Å². The van der Waals surface area contributed by atoms with Crippen molar-refractivity contribution in [3.63, 3.8) is 0 Å². The fourth-order valence-electron chi connectivity index (χ4n) is 9.02. The SMILES string of the molecule is C[C@H](NC(=O)[C@@H](N)CS)C(=O)N[C@@H](Cc1cnc[nH]1)C(=O)N[C@@H](Cc1c[nH]c2ccccc12)C(=O)N[C@@H](CCC(=O)O)C(=O)N[C@@H](Cc1c[nH]c2ccccc12)C(=O)N[C@@H](Cc1ccccc1)C(=O)N[C@@H](CCC(N)=O)C(=O)N[C@@H](CS)C(=O)O. The number of H-pyrrole nitrogens is 3. The van der Waals surface area contributed by atoms with Crippen LogP contribution < -0.4 is 54.0 Å². The number of primary amides is 1. The molecule has 27 nitrogen and oxygen atoms in total. The Labute approximate surface area is 497 Å². The normalized spacial score (nSPS) is 14.4. The van der Waals surface area contributed by atoms with Crippen LogP contribution in [-0.4, -0.2) is 161 Å². The summed E-state index contributed by atoms with van der Waals surface area (Å²) in [6, 6.07) is 9.37. The summed E-state index contributed by atoms with van der Waals surface area (Å²) in [4.78, 5) is 162. The second-order valence-electron chi connectivity index (χ2n) is 20.0. The number of nitrogens with zero attached hydrogens (tertiary/aromatic N) is 1. The lowest BCUT2D eigenvalue weighted by atomic mass is 10.00. The van der Waals surface area contributed by atoms with E-state index in [0.717, 1.165) is 0 Å². The first-order valence-corrected chi connectivity index (χ1v) is 28.1. The number of aromatic amines is 3. The van der Waals surface area contributed by atoms with E-state index in [0.29, 0.717) is 44.2 Å². The van der Waals surface area contributed by atoms with Crippen LogP contribution in [0.1, 0.15) is 55.0 Å². The molecule has 0 unspecified atom stereocenters. The molecule has 85 heavy (non-hydrogen) atoms. The Morgan fingerprint density at radius 3 is 1.40 bits per heavy atom. The number of nitrogens with one attached hydrogen (secondary N) is 11. The number of aliphatic carboxylic acids is 2. The zero-order chi connectivity index (χ0) is 61.7. The van der Waals surface area contributed by atoms with Gasteiger partial charge in [0.1, 0.15) is 48.3 Å². The number of hydrogen-bond acceptors (Lipinski definition) is 15. The Kier molecular flexibility index (Phi) is 24.0. The predicted octanol–water partition coefficient (Wildman–Crippen LogP) is -1.06. The van der Waals surface area contributed by atoms with Gasteiger partial charge in [0.05, 0.1) is 12.4 Å². The van der Waals surface area contributed by atoms with Gasteiger partial charge in [-0.1, -0.05) is 66.7 Å². The second-order valence-corrected chi connectivity index (χ2v) is 20.7. The van der Waals surface area contributed by atoms with Crippen molar-refractivity contribution >= 4 is 112 Å². The number of hydrogen-bond donors (Lipinski definition) is 17. The lowest BCUT2D eigenvalue weighted by molar-refractivity contribution is -0.141. The van der Waals surface area contributed by atoms with E-state index in [2.05, 4.69) is 87.7 Å². The minimum absolute atomic E-state index is 0.0223. The number of rotatable bonds is 33. The van der Waals surface area contributed by atoms with E-state index in [1.54, 1.807) is 91.3 Å². The van der Waals surface area contributed by atoms with E-state index in [1.807, 2.05) is 0 Å². The van der Waals surface area contributed by atoms with Crippen molar-refractivity contribution in [2.75, 3.05) is 11.5 Å². The van der Waals surface area contributed by atoms with E-state index in [-0.39, 0.29) is 43.6 Å². The molecule has 0 radical (unpaired) electrons. The quantitative estimate of drug-likeness (QED) is 0.0219. The minimum Gasteiger partial charge on any atom is -0.481 e. The molecule has 3 aromatic heterocycles. The number of carboxylic acid groups (broad SMARTS) is 2. The molecule has 9 amide bonds. The molecule has 0 aliphatic heterocycles. The molecule has 3 heterocycles. The van der Waals surface area contributed by atoms with Gasteiger partial charge in [-0.25, -0.2) is 9.78 Å². The third-order valence-corrected chi connectivity index (χ3v) is 14.4. The van der Waals surface area contributed by atoms with Gasteiger partial charge in [-0.15, -0.1) is 0 Å². The van der Waals surface area contributed by atoms with Gasteiger partial charge in [-0.3, -0.25) is 47.9 Å². The monoisotopic (exact) mass is 1210 g/mol. The summed E-state index contributed by atoms with van der Waals surface area (Å²) in [5.41, 5.74) is 14.5. The summed E-state index contributed by atoms with van der Waals surface area (Å²) in [7, 11) is 0. The fourth-order valence-corrected chi connectivity index (χ4v) is 9.43. The number of carboxylic acids is 2. The molecule has 0 spiro atoms. The van der Waals surface area contributed by atoms with Crippen LogP contribution in [0.25, 0.3) is 21.8 Å². The van der Waals surface area contributed by atoms with Gasteiger partial charge in [-0.2, -0.15) is 25.3 Å². The van der Waals surface area contributed by atoms with Crippen molar-refractivity contribution in [1.29, 1.82) is 0 Å². The number of benzene rings is 3. The number of amides is 9. The Morgan fingerprint density at radius 2 is 0.941 bits per heavy atom. The second kappa shape index (κ2) is 31.4. The lowest BCUT2D eigenvalue weighted by Gasteiger charge is -2.28. The van der Waals surface area contributed by atoms with Crippen LogP contribution in [0.3, 0.4) is 0 Å². The third kappa shape index (κ3) is 19.2. The summed E-state index contributed by atoms with van der Waals surface area (Å²) >= 11 is 8.02. The van der Waals surface area contributed by atoms with Crippen molar-refractivity contribution in [1.82, 2.24) is 62.5 Å². The average Bonchev–Trinajstić information content (AvgIpc) is 4.36. The Morgan fingerprint density at radius 1 is 0.506 bits per heavy atom. The topological polar surface area (TPSA) is 437 Å². The number of thiol groups is 2. The number of carbonyl (C=O) groups excluding carboxylic acids is 9. The predicted molar refractivity (Wildman–Crippen MR) is 316 cm³/mol. The highest BCUT2D eigenvalue weighted by Gasteiger charge is 2.36. The molecule has 0 bridgehead atoms. The smallest absolute Gasteiger partial charge is 0.327 e. The van der Waals surface area contributed by atoms with E-state index in [1.165, 1.54) is 19.4 Å². The maximum absolute atomic E-state index is 14.9. The molecule has 6 rings (SSSR count). The molecule has 3 aromatic carbocycles. The van der Waals surface area contributed by atoms with E-state index in [4.69, 9.17) is 11.5 Å². The molecule has 452 valence electrons. The van der Waals surface area contributed by atoms with Crippen molar-refractivity contribution in [2.24, 2.45) is 11.5 Å². The molecule has 0 aliphatic rings. The Hall–Kier alpha value is -9.22. The van der Waals surface area contributed by atoms with Crippen LogP contribution in [-0.2, 0) is 78.4 Å². The van der Waals surface area contributed by atoms with Crippen LogP contribution in [0.2, 0.25) is 0 Å². The molecular formula is C56H68N14O13S2. The third-order valence-electron chi connectivity index (χ3n) is 13.7. The molecule has 6 aromatic rings. The van der Waals surface area contributed by atoms with Crippen LogP contribution in [0.5, 0.6) is 0 Å².